The summed E-state index contributed by atoms with van der Waals surface area (Å²) in [5, 5.41) is 9.22. The van der Waals surface area contributed by atoms with Crippen LogP contribution in [0.3, 0.4) is 0 Å². The highest BCUT2D eigenvalue weighted by Gasteiger charge is 2.26. The van der Waals surface area contributed by atoms with Crippen LogP contribution in [0.15, 0.2) is 10.6 Å². The molecule has 142 valence electrons. The van der Waals surface area contributed by atoms with Gasteiger partial charge in [0.15, 0.2) is 11.5 Å². The Balaban J connectivity index is 1.51. The topological polar surface area (TPSA) is 93.2 Å². The van der Waals surface area contributed by atoms with E-state index in [1.807, 2.05) is 31.9 Å². The van der Waals surface area contributed by atoms with E-state index in [1.54, 1.807) is 11.6 Å². The summed E-state index contributed by atoms with van der Waals surface area (Å²) in [6.07, 6.45) is 0. The summed E-state index contributed by atoms with van der Waals surface area (Å²) in [5.74, 6) is 1.30. The third kappa shape index (κ3) is 3.30. The van der Waals surface area contributed by atoms with Gasteiger partial charge >= 0.3 is 0 Å². The van der Waals surface area contributed by atoms with Gasteiger partial charge < -0.3 is 9.42 Å². The molecule has 0 unspecified atom stereocenters. The minimum atomic E-state index is 0.0386. The fourth-order valence-corrected chi connectivity index (χ4v) is 3.62. The van der Waals surface area contributed by atoms with Gasteiger partial charge in [0.2, 0.25) is 5.89 Å². The summed E-state index contributed by atoms with van der Waals surface area (Å²) in [7, 11) is 1.86. The lowest BCUT2D eigenvalue weighted by atomic mass is 10.1. The summed E-state index contributed by atoms with van der Waals surface area (Å²) in [4.78, 5) is 26.1. The van der Waals surface area contributed by atoms with Gasteiger partial charge in [-0.05, 0) is 19.9 Å². The van der Waals surface area contributed by atoms with Crippen molar-refractivity contribution in [1.82, 2.24) is 34.7 Å². The van der Waals surface area contributed by atoms with Crippen molar-refractivity contribution >= 4 is 16.9 Å². The number of fused-ring (bicyclic) bond motifs is 1. The number of carbonyl (C=O) groups is 1. The number of piperazine rings is 1. The zero-order valence-electron chi connectivity index (χ0n) is 16.1. The minimum Gasteiger partial charge on any atom is -0.340 e. The fourth-order valence-electron chi connectivity index (χ4n) is 3.62. The molecule has 1 fully saturated rings. The second kappa shape index (κ2) is 6.73. The summed E-state index contributed by atoms with van der Waals surface area (Å²) >= 11 is 0. The largest absolute Gasteiger partial charge is 0.340 e. The number of carbonyl (C=O) groups excluding carboxylic acids is 1. The van der Waals surface area contributed by atoms with Crippen LogP contribution in [0, 0.1) is 20.8 Å². The van der Waals surface area contributed by atoms with Crippen LogP contribution < -0.4 is 0 Å². The zero-order chi connectivity index (χ0) is 19.1. The van der Waals surface area contributed by atoms with Crippen molar-refractivity contribution in [1.29, 1.82) is 0 Å². The SMILES string of the molecule is Cc1cc(C(=O)N2CCN(Cc3noc(C)n3)CC2)c2c(C)nn(C)c2n1. The minimum absolute atomic E-state index is 0.0386. The molecule has 1 saturated heterocycles. The van der Waals surface area contributed by atoms with Gasteiger partial charge in [-0.15, -0.1) is 0 Å². The molecule has 4 rings (SSSR count). The second-order valence-electron chi connectivity index (χ2n) is 7.02. The molecule has 3 aromatic rings. The highest BCUT2D eigenvalue weighted by Crippen LogP contribution is 2.23. The van der Waals surface area contributed by atoms with Crippen LogP contribution >= 0.6 is 0 Å². The fraction of sp³-hybridized carbons (Fsp3) is 0.500. The Morgan fingerprint density at radius 3 is 2.56 bits per heavy atom. The summed E-state index contributed by atoms with van der Waals surface area (Å²) in [6.45, 7) is 9.13. The molecule has 0 aromatic carbocycles. The van der Waals surface area contributed by atoms with E-state index in [2.05, 4.69) is 25.1 Å². The quantitative estimate of drug-likeness (QED) is 0.685. The second-order valence-corrected chi connectivity index (χ2v) is 7.02. The standard InChI is InChI=1S/C18H23N7O2/c1-11-9-14(16-12(2)21-23(4)17(16)19-11)18(26)25-7-5-24(6-8-25)10-15-20-13(3)27-22-15/h9H,5-8,10H2,1-4H3. The van der Waals surface area contributed by atoms with E-state index >= 15 is 0 Å². The molecule has 0 spiro atoms. The van der Waals surface area contributed by atoms with Gasteiger partial charge in [-0.1, -0.05) is 5.16 Å². The Hall–Kier alpha value is -2.81. The number of rotatable bonds is 3. The van der Waals surface area contributed by atoms with Crippen molar-refractivity contribution in [3.05, 3.63) is 34.7 Å². The van der Waals surface area contributed by atoms with Crippen LogP contribution in [0.2, 0.25) is 0 Å². The maximum absolute atomic E-state index is 13.2. The van der Waals surface area contributed by atoms with Crippen LogP contribution in [0.5, 0.6) is 0 Å². The number of aromatic nitrogens is 5. The summed E-state index contributed by atoms with van der Waals surface area (Å²) in [6, 6.07) is 1.87. The number of hydrogen-bond acceptors (Lipinski definition) is 7. The lowest BCUT2D eigenvalue weighted by molar-refractivity contribution is 0.0626. The van der Waals surface area contributed by atoms with Crippen LogP contribution in [0.25, 0.3) is 11.0 Å². The predicted molar refractivity (Wildman–Crippen MR) is 98.2 cm³/mol. The Labute approximate surface area is 157 Å². The maximum atomic E-state index is 13.2. The Morgan fingerprint density at radius 1 is 1.15 bits per heavy atom. The predicted octanol–water partition coefficient (Wildman–Crippen LogP) is 1.23. The first-order valence-corrected chi connectivity index (χ1v) is 9.04. The smallest absolute Gasteiger partial charge is 0.254 e. The first-order chi connectivity index (χ1) is 12.9. The van der Waals surface area contributed by atoms with E-state index in [4.69, 9.17) is 4.52 Å². The average molecular weight is 369 g/mol. The number of hydrogen-bond donors (Lipinski definition) is 0. The molecular weight excluding hydrogens is 346 g/mol. The Morgan fingerprint density at radius 2 is 1.89 bits per heavy atom. The van der Waals surface area contributed by atoms with Gasteiger partial charge in [-0.2, -0.15) is 10.1 Å². The molecule has 1 aliphatic rings. The van der Waals surface area contributed by atoms with E-state index in [0.717, 1.165) is 35.5 Å². The molecule has 0 aliphatic carbocycles. The number of aryl methyl sites for hydroxylation is 4. The highest BCUT2D eigenvalue weighted by molar-refractivity contribution is 6.06. The molecule has 0 N–H and O–H groups in total. The average Bonchev–Trinajstić information content (AvgIpc) is 3.17. The number of pyridine rings is 1. The third-order valence-corrected chi connectivity index (χ3v) is 4.92. The number of nitrogens with zero attached hydrogens (tertiary/aromatic N) is 7. The van der Waals surface area contributed by atoms with Gasteiger partial charge in [0.25, 0.3) is 5.91 Å². The van der Waals surface area contributed by atoms with E-state index < -0.39 is 0 Å². The molecule has 0 saturated carbocycles. The van der Waals surface area contributed by atoms with Crippen molar-refractivity contribution in [2.75, 3.05) is 26.2 Å². The Bertz CT molecular complexity index is 999. The molecule has 0 bridgehead atoms. The monoisotopic (exact) mass is 369 g/mol. The molecule has 9 heteroatoms. The van der Waals surface area contributed by atoms with Gasteiger partial charge in [0, 0.05) is 45.8 Å². The molecule has 1 aliphatic heterocycles. The van der Waals surface area contributed by atoms with Crippen molar-refractivity contribution in [2.45, 2.75) is 27.3 Å². The number of amides is 1. The van der Waals surface area contributed by atoms with Gasteiger partial charge in [-0.3, -0.25) is 14.4 Å². The van der Waals surface area contributed by atoms with E-state index in [0.29, 0.717) is 36.9 Å². The molecule has 3 aromatic heterocycles. The normalized spacial score (nSPS) is 15.6. The van der Waals surface area contributed by atoms with Crippen LogP contribution in [-0.4, -0.2) is 66.8 Å². The molecule has 27 heavy (non-hydrogen) atoms. The zero-order valence-corrected chi connectivity index (χ0v) is 16.1. The highest BCUT2D eigenvalue weighted by atomic mass is 16.5. The molecule has 1 amide bonds. The maximum Gasteiger partial charge on any atom is 0.254 e. The summed E-state index contributed by atoms with van der Waals surface area (Å²) < 4.78 is 6.76. The van der Waals surface area contributed by atoms with E-state index in [-0.39, 0.29) is 5.91 Å². The van der Waals surface area contributed by atoms with Crippen LogP contribution in [0.4, 0.5) is 0 Å². The lowest BCUT2D eigenvalue weighted by Crippen LogP contribution is -2.48. The van der Waals surface area contributed by atoms with Crippen molar-refractivity contribution < 1.29 is 9.32 Å². The van der Waals surface area contributed by atoms with Crippen molar-refractivity contribution in [2.24, 2.45) is 7.05 Å². The van der Waals surface area contributed by atoms with E-state index in [9.17, 15) is 4.79 Å². The molecular formula is C18H23N7O2. The van der Waals surface area contributed by atoms with Crippen molar-refractivity contribution in [3.8, 4) is 0 Å². The third-order valence-electron chi connectivity index (χ3n) is 4.92. The first-order valence-electron chi connectivity index (χ1n) is 9.04. The van der Waals surface area contributed by atoms with Crippen LogP contribution in [-0.2, 0) is 13.6 Å². The Kier molecular flexibility index (Phi) is 4.39. The van der Waals surface area contributed by atoms with Crippen LogP contribution in [0.1, 0.15) is 33.5 Å². The van der Waals surface area contributed by atoms with Gasteiger partial charge in [-0.25, -0.2) is 4.98 Å². The first kappa shape index (κ1) is 17.6. The lowest BCUT2D eigenvalue weighted by Gasteiger charge is -2.34. The summed E-state index contributed by atoms with van der Waals surface area (Å²) in [5.41, 5.74) is 3.08. The molecule has 0 atom stereocenters. The van der Waals surface area contributed by atoms with Crippen molar-refractivity contribution in [3.63, 3.8) is 0 Å². The molecule has 0 radical (unpaired) electrons. The van der Waals surface area contributed by atoms with E-state index in [1.165, 1.54) is 0 Å². The van der Waals surface area contributed by atoms with Gasteiger partial charge in [0.05, 0.1) is 23.2 Å². The molecule has 9 nitrogen and oxygen atoms in total. The van der Waals surface area contributed by atoms with Gasteiger partial charge in [0.1, 0.15) is 0 Å². The molecule has 4 heterocycles.